The molecule has 0 unspecified atom stereocenters. The Bertz CT molecular complexity index is 244. The predicted molar refractivity (Wildman–Crippen MR) is 50.0 cm³/mol. The second-order valence-electron chi connectivity index (χ2n) is 2.23. The van der Waals surface area contributed by atoms with Gasteiger partial charge in [0, 0.05) is 0 Å². The van der Waals surface area contributed by atoms with Crippen molar-refractivity contribution in [3.8, 4) is 0 Å². The zero-order valence-electron chi connectivity index (χ0n) is 7.11. The van der Waals surface area contributed by atoms with Gasteiger partial charge in [-0.05, 0) is 0 Å². The normalized spacial score (nSPS) is 8.77. The molecule has 0 amide bonds. The molecule has 0 atom stereocenters. The third-order valence-corrected chi connectivity index (χ3v) is 2.81. The van der Waals surface area contributed by atoms with Crippen LogP contribution in [0.25, 0.3) is 0 Å². The van der Waals surface area contributed by atoms with Crippen molar-refractivity contribution in [3.63, 3.8) is 0 Å². The van der Waals surface area contributed by atoms with Crippen molar-refractivity contribution < 1.29 is 12.9 Å². The van der Waals surface area contributed by atoms with Gasteiger partial charge in [0.05, 0.1) is 0 Å². The fourth-order valence-electron chi connectivity index (χ4n) is 0.757. The molecule has 0 radical (unpaired) electrons. The maximum atomic E-state index is 9.67. The van der Waals surface area contributed by atoms with Crippen LogP contribution in [0.4, 0.5) is 12.9 Å². The number of halogens is 4. The van der Waals surface area contributed by atoms with Crippen molar-refractivity contribution in [1.82, 2.24) is 0 Å². The van der Waals surface area contributed by atoms with Crippen LogP contribution in [-0.2, 0) is 0.515 Å². The molecule has 0 heterocycles. The average molecular weight is 232 g/mol. The summed E-state index contributed by atoms with van der Waals surface area (Å²) in [5, 5.41) is 0.858. The first-order chi connectivity index (χ1) is 6.06. The van der Waals surface area contributed by atoms with E-state index >= 15 is 0 Å². The summed E-state index contributed by atoms with van der Waals surface area (Å²) in [7, 11) is -3.67. The molecule has 0 saturated heterocycles. The van der Waals surface area contributed by atoms with Crippen molar-refractivity contribution >= 4 is 68.1 Å². The molecule has 13 heavy (non-hydrogen) atoms. The summed E-state index contributed by atoms with van der Waals surface area (Å²) < 4.78 is 30.2. The van der Waals surface area contributed by atoms with Gasteiger partial charge in [0.25, 0.3) is 0 Å². The van der Waals surface area contributed by atoms with Crippen LogP contribution in [0.3, 0.4) is 0 Å². The summed E-state index contributed by atoms with van der Waals surface area (Å²) in [6.07, 6.45) is 0. The summed E-state index contributed by atoms with van der Waals surface area (Å²) in [6.45, 7) is 0. The van der Waals surface area contributed by atoms with Crippen molar-refractivity contribution in [2.45, 2.75) is 0.515 Å². The third-order valence-electron chi connectivity index (χ3n) is 1.30. The molecule has 1 aromatic rings. The van der Waals surface area contributed by atoms with Gasteiger partial charge in [0.2, 0.25) is 0 Å². The van der Waals surface area contributed by atoms with Crippen molar-refractivity contribution in [2.24, 2.45) is 0 Å². The van der Waals surface area contributed by atoms with Crippen LogP contribution in [0.5, 0.6) is 0 Å². The standard InChI is InChI=1S/C7H6Cl.BF3.K/c1-6-3-2-4-7(8)5-6;2-1(3)4;/h2-5H,1H2;;. The summed E-state index contributed by atoms with van der Waals surface area (Å²) in [5.41, 5.74) is 1.38. The van der Waals surface area contributed by atoms with Gasteiger partial charge in [-0.25, -0.2) is 0 Å². The number of hydrogen-bond donors (Lipinski definition) is 0. The van der Waals surface area contributed by atoms with Crippen molar-refractivity contribution in [3.05, 3.63) is 34.9 Å². The molecular weight excluding hydrogens is 226 g/mol. The Morgan fingerprint density at radius 3 is 2.15 bits per heavy atom. The molecule has 0 N–H and O–H groups in total. The maximum Gasteiger partial charge on any atom is 0.762 e. The number of benzene rings is 1. The van der Waals surface area contributed by atoms with Gasteiger partial charge in [-0.1, -0.05) is 0 Å². The first-order valence-electron chi connectivity index (χ1n) is 3.73. The maximum absolute atomic E-state index is 9.67. The minimum absolute atomic E-state index is 0.858. The van der Waals surface area contributed by atoms with Crippen LogP contribution in [0.1, 0.15) is 5.56 Å². The van der Waals surface area contributed by atoms with Crippen molar-refractivity contribution in [1.29, 1.82) is 0 Å². The van der Waals surface area contributed by atoms with Crippen LogP contribution < -0.4 is 0 Å². The van der Waals surface area contributed by atoms with E-state index in [4.69, 9.17) is 11.6 Å². The summed E-state index contributed by atoms with van der Waals surface area (Å²) in [6, 6.07) is 8.07. The molecule has 0 aromatic heterocycles. The molecule has 0 bridgehead atoms. The summed E-state index contributed by atoms with van der Waals surface area (Å²) in [4.78, 5) is 0. The molecule has 1 aromatic carbocycles. The largest absolute Gasteiger partial charge is 0.762 e. The van der Waals surface area contributed by atoms with Crippen LogP contribution in [0.15, 0.2) is 24.3 Å². The molecule has 0 fully saturated rings. The number of hydrogen-bond acceptors (Lipinski definition) is 0. The zero-order chi connectivity index (χ0) is 10.3. The van der Waals surface area contributed by atoms with Crippen LogP contribution in [0.2, 0.25) is 5.02 Å². The first-order valence-corrected chi connectivity index (χ1v) is 6.31. The van der Waals surface area contributed by atoms with E-state index in [1.807, 2.05) is 18.2 Å². The zero-order valence-corrected chi connectivity index (χ0v) is 11.0. The number of rotatable bonds is 1. The molecule has 0 aliphatic carbocycles. The van der Waals surface area contributed by atoms with Crippen LogP contribution in [0, 0.1) is 0 Å². The molecule has 0 aliphatic rings. The summed E-state index contributed by atoms with van der Waals surface area (Å²) in [5.74, 6) is 0. The van der Waals surface area contributed by atoms with E-state index in [0.717, 1.165) is 54.0 Å². The first kappa shape index (κ1) is 14.0. The van der Waals surface area contributed by atoms with Gasteiger partial charge in [0.1, 0.15) is 0 Å². The summed E-state index contributed by atoms with van der Waals surface area (Å²) >= 11 is 6.64. The Balaban J connectivity index is 0.000000310. The van der Waals surface area contributed by atoms with Gasteiger partial charge in [-0.2, -0.15) is 0 Å². The van der Waals surface area contributed by atoms with Gasteiger partial charge in [-0.3, -0.25) is 12.9 Å². The van der Waals surface area contributed by atoms with E-state index in [9.17, 15) is 12.9 Å². The van der Waals surface area contributed by atoms with Gasteiger partial charge in [0.15, 0.2) is 0 Å². The van der Waals surface area contributed by atoms with Gasteiger partial charge >= 0.3 is 103 Å². The average Bonchev–Trinajstić information content (AvgIpc) is 2.03. The molecule has 0 aliphatic heterocycles. The van der Waals surface area contributed by atoms with Crippen LogP contribution in [-0.4, -0.2) is 56.5 Å². The topological polar surface area (TPSA) is 0 Å². The quantitative estimate of drug-likeness (QED) is 0.653. The Morgan fingerprint density at radius 1 is 1.31 bits per heavy atom. The Morgan fingerprint density at radius 2 is 1.85 bits per heavy atom. The fourth-order valence-corrected chi connectivity index (χ4v) is 1.66. The second-order valence-corrected chi connectivity index (χ2v) is 3.77. The van der Waals surface area contributed by atoms with Crippen molar-refractivity contribution in [2.75, 3.05) is 0 Å². The monoisotopic (exact) mass is 232 g/mol. The molecular formula is C7H6BClF3K. The molecule has 0 spiro atoms. The van der Waals surface area contributed by atoms with E-state index in [1.54, 1.807) is 0 Å². The van der Waals surface area contributed by atoms with E-state index in [-0.39, 0.29) is 0 Å². The third kappa shape index (κ3) is 9.31. The molecule has 66 valence electrons. The smallest absolute Gasteiger partial charge is 0.254 e. The Labute approximate surface area is 115 Å². The van der Waals surface area contributed by atoms with Crippen LogP contribution >= 0.6 is 11.6 Å². The van der Waals surface area contributed by atoms with E-state index in [0.29, 0.717) is 0 Å². The van der Waals surface area contributed by atoms with E-state index in [2.05, 4.69) is 6.07 Å². The minimum atomic E-state index is -3.67. The SMILES string of the molecule is Clc1cccc([CH2][K])c1.FB(F)F. The Hall–Kier alpha value is 1.00. The molecule has 6 heteroatoms. The minimum Gasteiger partial charge on any atom is -0.254 e. The van der Waals surface area contributed by atoms with E-state index in [1.165, 1.54) is 6.08 Å². The van der Waals surface area contributed by atoms with Gasteiger partial charge < -0.3 is 0 Å². The molecule has 1 rings (SSSR count). The molecule has 0 nitrogen and oxygen atoms in total. The molecule has 0 saturated carbocycles. The van der Waals surface area contributed by atoms with E-state index < -0.39 is 7.54 Å². The van der Waals surface area contributed by atoms with Gasteiger partial charge in [-0.15, -0.1) is 0 Å². The second kappa shape index (κ2) is 8.32. The Kier molecular flexibility index (Phi) is 8.96. The predicted octanol–water partition coefficient (Wildman–Crippen LogP) is 2.89. The fraction of sp³-hybridized carbons (Fsp3) is 0.143.